The van der Waals surface area contributed by atoms with Gasteiger partial charge in [0.25, 0.3) is 0 Å². The van der Waals surface area contributed by atoms with Gasteiger partial charge in [0.2, 0.25) is 0 Å². The van der Waals surface area contributed by atoms with Crippen LogP contribution < -0.4 is 11.5 Å². The Hall–Kier alpha value is -2.27. The minimum atomic E-state index is 0.107. The Kier molecular flexibility index (Phi) is 4.30. The van der Waals surface area contributed by atoms with Crippen molar-refractivity contribution in [3.63, 3.8) is 0 Å². The predicted octanol–water partition coefficient (Wildman–Crippen LogP) is 1.72. The summed E-state index contributed by atoms with van der Waals surface area (Å²) in [5, 5.41) is 18.1. The van der Waals surface area contributed by atoms with Gasteiger partial charge in [0.15, 0.2) is 0 Å². The number of rotatable bonds is 4. The summed E-state index contributed by atoms with van der Waals surface area (Å²) in [5.74, 6) is 0.214. The first kappa shape index (κ1) is 12.8. The summed E-state index contributed by atoms with van der Waals surface area (Å²) in [7, 11) is 0. The number of unbranched alkanes of at least 4 members (excludes halogenated alkanes) is 2. The number of pyridine rings is 1. The van der Waals surface area contributed by atoms with E-state index in [0.29, 0.717) is 12.0 Å². The third-order valence-corrected chi connectivity index (χ3v) is 2.61. The molecular formula is C12H15N5. The standard InChI is InChI=1S/C12H15N5/c1-2-3-4-5-8-9(6-13)11(15)17-12(16)10(8)7-14/h2-5H2,1H3,(H4,15,16,17). The Morgan fingerprint density at radius 1 is 1.06 bits per heavy atom. The lowest BCUT2D eigenvalue weighted by atomic mass is 9.98. The third-order valence-electron chi connectivity index (χ3n) is 2.61. The van der Waals surface area contributed by atoms with Crippen molar-refractivity contribution >= 4 is 11.6 Å². The van der Waals surface area contributed by atoms with Crippen molar-refractivity contribution in [2.75, 3.05) is 11.5 Å². The normalized spacial score (nSPS) is 9.59. The first-order valence-electron chi connectivity index (χ1n) is 5.53. The summed E-state index contributed by atoms with van der Waals surface area (Å²) in [5.41, 5.74) is 12.5. The maximum absolute atomic E-state index is 9.05. The van der Waals surface area contributed by atoms with E-state index in [0.717, 1.165) is 19.3 Å². The summed E-state index contributed by atoms with van der Waals surface area (Å²) < 4.78 is 0. The van der Waals surface area contributed by atoms with Crippen LogP contribution in [0.5, 0.6) is 0 Å². The number of nitrogens with zero attached hydrogens (tertiary/aromatic N) is 3. The molecule has 0 spiro atoms. The number of nitrogen functional groups attached to an aromatic ring is 2. The minimum absolute atomic E-state index is 0.107. The molecule has 0 aliphatic heterocycles. The molecule has 0 aromatic carbocycles. The lowest BCUT2D eigenvalue weighted by Gasteiger charge is -2.10. The quantitative estimate of drug-likeness (QED) is 0.763. The van der Waals surface area contributed by atoms with Gasteiger partial charge in [-0.15, -0.1) is 0 Å². The van der Waals surface area contributed by atoms with Crippen molar-refractivity contribution in [2.45, 2.75) is 32.6 Å². The van der Waals surface area contributed by atoms with Gasteiger partial charge in [-0.1, -0.05) is 19.8 Å². The average molecular weight is 229 g/mol. The highest BCUT2D eigenvalue weighted by Gasteiger charge is 2.16. The van der Waals surface area contributed by atoms with Crippen LogP contribution in [0.2, 0.25) is 0 Å². The molecule has 5 heteroatoms. The number of nitriles is 2. The molecular weight excluding hydrogens is 214 g/mol. The van der Waals surface area contributed by atoms with Crippen LogP contribution in [0.4, 0.5) is 11.6 Å². The van der Waals surface area contributed by atoms with Crippen molar-refractivity contribution in [2.24, 2.45) is 0 Å². The first-order chi connectivity index (χ1) is 8.15. The highest BCUT2D eigenvalue weighted by atomic mass is 14.9. The Labute approximate surface area is 101 Å². The van der Waals surface area contributed by atoms with E-state index in [2.05, 4.69) is 11.9 Å². The molecule has 0 atom stereocenters. The minimum Gasteiger partial charge on any atom is -0.383 e. The molecule has 0 bridgehead atoms. The second-order valence-electron chi connectivity index (χ2n) is 3.79. The van der Waals surface area contributed by atoms with Gasteiger partial charge in [0.05, 0.1) is 11.1 Å². The molecule has 0 saturated carbocycles. The Bertz CT molecular complexity index is 455. The lowest BCUT2D eigenvalue weighted by Crippen LogP contribution is -2.08. The van der Waals surface area contributed by atoms with Crippen LogP contribution in [-0.4, -0.2) is 4.98 Å². The van der Waals surface area contributed by atoms with Gasteiger partial charge in [-0.3, -0.25) is 0 Å². The Balaban J connectivity index is 3.23. The van der Waals surface area contributed by atoms with E-state index in [1.54, 1.807) is 0 Å². The van der Waals surface area contributed by atoms with Crippen molar-refractivity contribution in [3.05, 3.63) is 16.7 Å². The molecule has 1 heterocycles. The molecule has 1 aromatic heterocycles. The lowest BCUT2D eigenvalue weighted by molar-refractivity contribution is 0.715. The van der Waals surface area contributed by atoms with Crippen molar-refractivity contribution in [1.82, 2.24) is 4.98 Å². The van der Waals surface area contributed by atoms with Crippen molar-refractivity contribution < 1.29 is 0 Å². The fourth-order valence-electron chi connectivity index (χ4n) is 1.73. The fraction of sp³-hybridized carbons (Fsp3) is 0.417. The van der Waals surface area contributed by atoms with E-state index in [1.807, 2.05) is 12.1 Å². The van der Waals surface area contributed by atoms with Gasteiger partial charge in [0.1, 0.15) is 23.8 Å². The number of hydrogen-bond donors (Lipinski definition) is 2. The molecule has 0 unspecified atom stereocenters. The van der Waals surface area contributed by atoms with Crippen LogP contribution in [0.3, 0.4) is 0 Å². The molecule has 0 aliphatic carbocycles. The molecule has 17 heavy (non-hydrogen) atoms. The second kappa shape index (κ2) is 5.72. The van der Waals surface area contributed by atoms with Gasteiger partial charge in [-0.25, -0.2) is 4.98 Å². The predicted molar refractivity (Wildman–Crippen MR) is 65.7 cm³/mol. The Morgan fingerprint density at radius 3 is 2.00 bits per heavy atom. The monoisotopic (exact) mass is 229 g/mol. The van der Waals surface area contributed by atoms with E-state index in [4.69, 9.17) is 22.0 Å². The van der Waals surface area contributed by atoms with Crippen LogP contribution in [0, 0.1) is 22.7 Å². The molecule has 0 aliphatic rings. The maximum Gasteiger partial charge on any atom is 0.144 e. The van der Waals surface area contributed by atoms with Crippen LogP contribution in [-0.2, 0) is 6.42 Å². The van der Waals surface area contributed by atoms with Gasteiger partial charge >= 0.3 is 0 Å². The summed E-state index contributed by atoms with van der Waals surface area (Å²) in [6.45, 7) is 2.09. The third kappa shape index (κ3) is 2.64. The zero-order valence-corrected chi connectivity index (χ0v) is 9.82. The summed E-state index contributed by atoms with van der Waals surface area (Å²) >= 11 is 0. The summed E-state index contributed by atoms with van der Waals surface area (Å²) in [6, 6.07) is 4.00. The first-order valence-corrected chi connectivity index (χ1v) is 5.53. The van der Waals surface area contributed by atoms with E-state index < -0.39 is 0 Å². The van der Waals surface area contributed by atoms with Gasteiger partial charge < -0.3 is 11.5 Å². The van der Waals surface area contributed by atoms with Crippen LogP contribution in [0.15, 0.2) is 0 Å². The van der Waals surface area contributed by atoms with E-state index in [1.165, 1.54) is 0 Å². The zero-order chi connectivity index (χ0) is 12.8. The second-order valence-corrected chi connectivity index (χ2v) is 3.79. The number of aromatic nitrogens is 1. The average Bonchev–Trinajstić information content (AvgIpc) is 2.29. The summed E-state index contributed by atoms with van der Waals surface area (Å²) in [4.78, 5) is 3.81. The van der Waals surface area contributed by atoms with Crippen molar-refractivity contribution in [3.8, 4) is 12.1 Å². The molecule has 0 fully saturated rings. The largest absolute Gasteiger partial charge is 0.383 e. The van der Waals surface area contributed by atoms with Gasteiger partial charge in [-0.2, -0.15) is 10.5 Å². The van der Waals surface area contributed by atoms with Gasteiger partial charge in [-0.05, 0) is 18.4 Å². The molecule has 1 rings (SSSR count). The number of hydrogen-bond acceptors (Lipinski definition) is 5. The molecule has 0 radical (unpaired) electrons. The van der Waals surface area contributed by atoms with Crippen LogP contribution in [0.1, 0.15) is 42.9 Å². The zero-order valence-electron chi connectivity index (χ0n) is 9.82. The molecule has 88 valence electrons. The molecule has 0 saturated heterocycles. The SMILES string of the molecule is CCCCCc1c(C#N)c(N)nc(N)c1C#N. The van der Waals surface area contributed by atoms with Crippen LogP contribution in [0.25, 0.3) is 0 Å². The Morgan fingerprint density at radius 2 is 1.59 bits per heavy atom. The maximum atomic E-state index is 9.05. The van der Waals surface area contributed by atoms with E-state index in [-0.39, 0.29) is 22.8 Å². The smallest absolute Gasteiger partial charge is 0.144 e. The van der Waals surface area contributed by atoms with Crippen LogP contribution >= 0.6 is 0 Å². The molecule has 5 nitrogen and oxygen atoms in total. The highest BCUT2D eigenvalue weighted by molar-refractivity contribution is 5.66. The molecule has 1 aromatic rings. The molecule has 0 amide bonds. The highest BCUT2D eigenvalue weighted by Crippen LogP contribution is 2.24. The fourth-order valence-corrected chi connectivity index (χ4v) is 1.73. The number of nitrogens with two attached hydrogens (primary N) is 2. The van der Waals surface area contributed by atoms with E-state index in [9.17, 15) is 0 Å². The molecule has 4 N–H and O–H groups in total. The topological polar surface area (TPSA) is 113 Å². The number of anilines is 2. The summed E-state index contributed by atoms with van der Waals surface area (Å²) in [6.07, 6.45) is 3.65. The van der Waals surface area contributed by atoms with E-state index >= 15 is 0 Å². The van der Waals surface area contributed by atoms with Crippen molar-refractivity contribution in [1.29, 1.82) is 10.5 Å². The van der Waals surface area contributed by atoms with Gasteiger partial charge in [0, 0.05) is 0 Å².